The lowest BCUT2D eigenvalue weighted by molar-refractivity contribution is 0.107. The highest BCUT2D eigenvalue weighted by Gasteiger charge is 2.25. The number of halogens is 1. The first-order valence-electron chi connectivity index (χ1n) is 6.15. The van der Waals surface area contributed by atoms with Gasteiger partial charge in [0.15, 0.2) is 0 Å². The van der Waals surface area contributed by atoms with Crippen molar-refractivity contribution >= 4 is 11.6 Å². The summed E-state index contributed by atoms with van der Waals surface area (Å²) >= 11 is 6.42. The first kappa shape index (κ1) is 11.9. The van der Waals surface area contributed by atoms with E-state index in [1.807, 2.05) is 0 Å². The Morgan fingerprint density at radius 3 is 2.69 bits per heavy atom. The lowest BCUT2D eigenvalue weighted by Crippen LogP contribution is -2.12. The van der Waals surface area contributed by atoms with Gasteiger partial charge >= 0.3 is 0 Å². The second kappa shape index (κ2) is 5.70. The lowest BCUT2D eigenvalue weighted by atomic mass is 10.0. The Kier molecular flexibility index (Phi) is 4.25. The van der Waals surface area contributed by atoms with Gasteiger partial charge in [0.1, 0.15) is 0 Å². The van der Waals surface area contributed by atoms with Gasteiger partial charge < -0.3 is 4.74 Å². The molecule has 2 rings (SSSR count). The van der Waals surface area contributed by atoms with Crippen LogP contribution in [0, 0.1) is 0 Å². The van der Waals surface area contributed by atoms with E-state index in [1.165, 1.54) is 17.5 Å². The fourth-order valence-electron chi connectivity index (χ4n) is 2.20. The van der Waals surface area contributed by atoms with E-state index in [0.717, 1.165) is 25.9 Å². The van der Waals surface area contributed by atoms with Gasteiger partial charge in [0.25, 0.3) is 0 Å². The molecule has 0 radical (unpaired) electrons. The normalized spacial score (nSPS) is 22.2. The molecule has 0 N–H and O–H groups in total. The number of hydrogen-bond donors (Lipinski definition) is 0. The van der Waals surface area contributed by atoms with E-state index < -0.39 is 0 Å². The van der Waals surface area contributed by atoms with Crippen molar-refractivity contribution in [1.29, 1.82) is 0 Å². The molecule has 1 aliphatic heterocycles. The number of benzene rings is 1. The SMILES string of the molecule is CCCc1ccc(C(Cl)C2CCCO2)cc1. The van der Waals surface area contributed by atoms with Crippen LogP contribution in [0.15, 0.2) is 24.3 Å². The van der Waals surface area contributed by atoms with E-state index in [9.17, 15) is 0 Å². The predicted octanol–water partition coefficient (Wildman–Crippen LogP) is 4.10. The summed E-state index contributed by atoms with van der Waals surface area (Å²) in [5.74, 6) is 0. The smallest absolute Gasteiger partial charge is 0.0847 e. The Balaban J connectivity index is 2.02. The molecule has 0 aliphatic carbocycles. The number of alkyl halides is 1. The van der Waals surface area contributed by atoms with Crippen LogP contribution < -0.4 is 0 Å². The number of rotatable bonds is 4. The van der Waals surface area contributed by atoms with E-state index in [0.29, 0.717) is 0 Å². The zero-order valence-electron chi connectivity index (χ0n) is 9.79. The van der Waals surface area contributed by atoms with Gasteiger partial charge in [0, 0.05) is 6.61 Å². The summed E-state index contributed by atoms with van der Waals surface area (Å²) in [6.45, 7) is 3.06. The molecule has 0 spiro atoms. The number of ether oxygens (including phenoxy) is 1. The third-order valence-electron chi connectivity index (χ3n) is 3.13. The van der Waals surface area contributed by atoms with Crippen LogP contribution in [0.5, 0.6) is 0 Å². The first-order chi connectivity index (χ1) is 7.81. The predicted molar refractivity (Wildman–Crippen MR) is 68.0 cm³/mol. The van der Waals surface area contributed by atoms with E-state index in [-0.39, 0.29) is 11.5 Å². The quantitative estimate of drug-likeness (QED) is 0.718. The molecule has 2 heteroatoms. The summed E-state index contributed by atoms with van der Waals surface area (Å²) in [5, 5.41) is 0.0122. The van der Waals surface area contributed by atoms with Gasteiger partial charge in [-0.25, -0.2) is 0 Å². The fourth-order valence-corrected chi connectivity index (χ4v) is 2.55. The minimum atomic E-state index is 0.0122. The van der Waals surface area contributed by atoms with Crippen LogP contribution in [0.25, 0.3) is 0 Å². The summed E-state index contributed by atoms with van der Waals surface area (Å²) in [6.07, 6.45) is 4.77. The van der Waals surface area contributed by atoms with Crippen LogP contribution in [-0.4, -0.2) is 12.7 Å². The summed E-state index contributed by atoms with van der Waals surface area (Å²) in [6, 6.07) is 8.65. The first-order valence-corrected chi connectivity index (χ1v) is 6.59. The number of hydrogen-bond acceptors (Lipinski definition) is 1. The Morgan fingerprint density at radius 1 is 1.38 bits per heavy atom. The molecule has 2 atom stereocenters. The summed E-state index contributed by atoms with van der Waals surface area (Å²) < 4.78 is 5.61. The number of aryl methyl sites for hydroxylation is 1. The summed E-state index contributed by atoms with van der Waals surface area (Å²) in [5.41, 5.74) is 2.58. The second-order valence-corrected chi connectivity index (χ2v) is 4.92. The maximum atomic E-state index is 6.42. The van der Waals surface area contributed by atoms with Gasteiger partial charge in [0.05, 0.1) is 11.5 Å². The van der Waals surface area contributed by atoms with Gasteiger partial charge in [-0.2, -0.15) is 0 Å². The van der Waals surface area contributed by atoms with Crippen LogP contribution in [-0.2, 0) is 11.2 Å². The van der Waals surface area contributed by atoms with Crippen molar-refractivity contribution in [3.8, 4) is 0 Å². The monoisotopic (exact) mass is 238 g/mol. The molecule has 0 saturated carbocycles. The minimum Gasteiger partial charge on any atom is -0.376 e. The van der Waals surface area contributed by atoms with E-state index in [2.05, 4.69) is 31.2 Å². The molecule has 1 heterocycles. The molecule has 16 heavy (non-hydrogen) atoms. The lowest BCUT2D eigenvalue weighted by Gasteiger charge is -2.17. The molecule has 1 aromatic rings. The van der Waals surface area contributed by atoms with Gasteiger partial charge in [-0.1, -0.05) is 37.6 Å². The average molecular weight is 239 g/mol. The molecule has 1 saturated heterocycles. The van der Waals surface area contributed by atoms with E-state index >= 15 is 0 Å². The molecule has 0 amide bonds. The highest BCUT2D eigenvalue weighted by Crippen LogP contribution is 2.32. The molecule has 1 aliphatic rings. The van der Waals surface area contributed by atoms with Crippen molar-refractivity contribution in [2.45, 2.75) is 44.1 Å². The van der Waals surface area contributed by atoms with Gasteiger partial charge in [0.2, 0.25) is 0 Å². The van der Waals surface area contributed by atoms with Crippen molar-refractivity contribution in [2.24, 2.45) is 0 Å². The maximum Gasteiger partial charge on any atom is 0.0847 e. The van der Waals surface area contributed by atoms with Crippen molar-refractivity contribution in [3.05, 3.63) is 35.4 Å². The largest absolute Gasteiger partial charge is 0.376 e. The highest BCUT2D eigenvalue weighted by molar-refractivity contribution is 6.21. The van der Waals surface area contributed by atoms with Crippen LogP contribution in [0.1, 0.15) is 42.7 Å². The molecule has 0 bridgehead atoms. The zero-order valence-corrected chi connectivity index (χ0v) is 10.5. The van der Waals surface area contributed by atoms with E-state index in [1.54, 1.807) is 0 Å². The van der Waals surface area contributed by atoms with Crippen molar-refractivity contribution in [3.63, 3.8) is 0 Å². The summed E-state index contributed by atoms with van der Waals surface area (Å²) in [7, 11) is 0. The van der Waals surface area contributed by atoms with E-state index in [4.69, 9.17) is 16.3 Å². The molecule has 1 aromatic carbocycles. The third-order valence-corrected chi connectivity index (χ3v) is 3.66. The fraction of sp³-hybridized carbons (Fsp3) is 0.571. The topological polar surface area (TPSA) is 9.23 Å². The van der Waals surface area contributed by atoms with Crippen LogP contribution in [0.4, 0.5) is 0 Å². The Morgan fingerprint density at radius 2 is 2.12 bits per heavy atom. The zero-order chi connectivity index (χ0) is 11.4. The van der Waals surface area contributed by atoms with Crippen molar-refractivity contribution in [2.75, 3.05) is 6.61 Å². The van der Waals surface area contributed by atoms with Gasteiger partial charge in [-0.15, -0.1) is 11.6 Å². The molecule has 0 aromatic heterocycles. The molecule has 2 unspecified atom stereocenters. The van der Waals surface area contributed by atoms with Gasteiger partial charge in [-0.05, 0) is 30.4 Å². The third kappa shape index (κ3) is 2.78. The molecule has 1 fully saturated rings. The van der Waals surface area contributed by atoms with Crippen molar-refractivity contribution < 1.29 is 4.74 Å². The van der Waals surface area contributed by atoms with Crippen LogP contribution in [0.2, 0.25) is 0 Å². The molecular formula is C14H19ClO. The summed E-state index contributed by atoms with van der Waals surface area (Å²) in [4.78, 5) is 0. The molecule has 88 valence electrons. The molecule has 1 nitrogen and oxygen atoms in total. The minimum absolute atomic E-state index is 0.0122. The Bertz CT molecular complexity index is 314. The second-order valence-electron chi connectivity index (χ2n) is 4.44. The average Bonchev–Trinajstić information content (AvgIpc) is 2.83. The van der Waals surface area contributed by atoms with Crippen LogP contribution >= 0.6 is 11.6 Å². The van der Waals surface area contributed by atoms with Crippen LogP contribution in [0.3, 0.4) is 0 Å². The molecular weight excluding hydrogens is 220 g/mol. The Hall–Kier alpha value is -0.530. The highest BCUT2D eigenvalue weighted by atomic mass is 35.5. The standard InChI is InChI=1S/C14H19ClO/c1-2-4-11-6-8-12(9-7-11)14(15)13-5-3-10-16-13/h6-9,13-14H,2-5,10H2,1H3. The maximum absolute atomic E-state index is 6.42. The van der Waals surface area contributed by atoms with Gasteiger partial charge in [-0.3, -0.25) is 0 Å². The Labute approximate surface area is 103 Å². The van der Waals surface area contributed by atoms with Crippen molar-refractivity contribution in [1.82, 2.24) is 0 Å².